The van der Waals surface area contributed by atoms with Crippen LogP contribution in [0.1, 0.15) is 31.2 Å². The summed E-state index contributed by atoms with van der Waals surface area (Å²) >= 11 is 0. The summed E-state index contributed by atoms with van der Waals surface area (Å²) in [6.07, 6.45) is 8.15. The van der Waals surface area contributed by atoms with E-state index in [9.17, 15) is 4.39 Å². The highest BCUT2D eigenvalue weighted by Crippen LogP contribution is 2.45. The Morgan fingerprint density at radius 1 is 1.21 bits per heavy atom. The largest absolute Gasteiger partial charge is 0.496 e. The fraction of sp³-hybridized carbons (Fsp3) is 0.600. The lowest BCUT2D eigenvalue weighted by Crippen LogP contribution is -2.43. The van der Waals surface area contributed by atoms with Gasteiger partial charge in [-0.05, 0) is 61.6 Å². The zero-order chi connectivity index (χ0) is 16.7. The predicted octanol–water partition coefficient (Wildman–Crippen LogP) is 4.31. The van der Waals surface area contributed by atoms with Crippen molar-refractivity contribution in [2.45, 2.75) is 31.4 Å². The van der Waals surface area contributed by atoms with Crippen LogP contribution >= 0.6 is 0 Å². The average molecular weight is 333 g/mol. The van der Waals surface area contributed by atoms with Gasteiger partial charge in [0.25, 0.3) is 0 Å². The Hall–Kier alpha value is -1.42. The number of nitrogens with zero attached hydrogens (tertiary/aromatic N) is 1. The van der Waals surface area contributed by atoms with E-state index in [0.717, 1.165) is 37.4 Å². The van der Waals surface area contributed by atoms with Crippen molar-refractivity contribution in [3.05, 3.63) is 41.7 Å². The molecule has 3 aliphatic rings. The Balaban J connectivity index is 1.42. The maximum absolute atomic E-state index is 15.5. The molecule has 2 bridgehead atoms. The van der Waals surface area contributed by atoms with Crippen LogP contribution in [0.2, 0.25) is 0 Å². The zero-order valence-electron chi connectivity index (χ0n) is 14.2. The summed E-state index contributed by atoms with van der Waals surface area (Å²) in [6.45, 7) is 2.53. The summed E-state index contributed by atoms with van der Waals surface area (Å²) in [4.78, 5) is 2.39. The minimum atomic E-state index is -1.49. The smallest absolute Gasteiger partial charge is 0.142 e. The average Bonchev–Trinajstić information content (AvgIpc) is 3.20. The maximum Gasteiger partial charge on any atom is 0.142 e. The number of allylic oxidation sites excluding steroid dienone is 2. The monoisotopic (exact) mass is 333 g/mol. The van der Waals surface area contributed by atoms with E-state index in [-0.39, 0.29) is 0 Å². The maximum atomic E-state index is 15.5. The van der Waals surface area contributed by atoms with E-state index in [1.54, 1.807) is 0 Å². The van der Waals surface area contributed by atoms with Crippen LogP contribution < -0.4 is 4.74 Å². The summed E-state index contributed by atoms with van der Waals surface area (Å²) in [6, 6.07) is 4.15. The second-order valence-corrected chi connectivity index (χ2v) is 7.65. The second-order valence-electron chi connectivity index (χ2n) is 7.65. The zero-order valence-corrected chi connectivity index (χ0v) is 14.2. The highest BCUT2D eigenvalue weighted by molar-refractivity contribution is 5.39. The molecule has 0 amide bonds. The molecule has 1 aromatic rings. The molecule has 0 N–H and O–H groups in total. The van der Waals surface area contributed by atoms with Gasteiger partial charge in [0, 0.05) is 25.2 Å². The van der Waals surface area contributed by atoms with Gasteiger partial charge in [-0.15, -0.1) is 0 Å². The number of methoxy groups -OCH3 is 1. The van der Waals surface area contributed by atoms with E-state index >= 15 is 4.39 Å². The van der Waals surface area contributed by atoms with Crippen LogP contribution in [0.3, 0.4) is 0 Å². The lowest BCUT2D eigenvalue weighted by atomic mass is 9.84. The standard InChI is InChI=1S/C20H25F2NO/c1-24-19-5-4-17(21)12-18(19)20(22)6-8-23(9-7-20)13-16-11-14-2-3-15(16)10-14/h2-5,12,14-16H,6-11,13H2,1H3/t14-,15?,16+/m0/s1. The molecule has 24 heavy (non-hydrogen) atoms. The first-order valence-corrected chi connectivity index (χ1v) is 9.01. The SMILES string of the molecule is COc1ccc(F)cc1C1(F)CCN(C[C@H]2C[C@H]3C=CC2C3)CC1. The molecular formula is C20H25F2NO. The first kappa shape index (κ1) is 16.1. The molecule has 1 saturated heterocycles. The molecular weight excluding hydrogens is 308 g/mol. The summed E-state index contributed by atoms with van der Waals surface area (Å²) in [7, 11) is 1.51. The Morgan fingerprint density at radius 2 is 2.00 bits per heavy atom. The van der Waals surface area contributed by atoms with Gasteiger partial charge in [-0.3, -0.25) is 0 Å². The minimum Gasteiger partial charge on any atom is -0.496 e. The van der Waals surface area contributed by atoms with Gasteiger partial charge in [-0.25, -0.2) is 8.78 Å². The molecule has 2 nitrogen and oxygen atoms in total. The summed E-state index contributed by atoms with van der Waals surface area (Å²) < 4.78 is 34.3. The third kappa shape index (κ3) is 2.85. The number of hydrogen-bond acceptors (Lipinski definition) is 2. The molecule has 2 aliphatic carbocycles. The normalized spacial score (nSPS) is 31.5. The van der Waals surface area contributed by atoms with E-state index in [4.69, 9.17) is 4.74 Å². The number of alkyl halides is 1. The van der Waals surface area contributed by atoms with Gasteiger partial charge >= 0.3 is 0 Å². The molecule has 4 heteroatoms. The van der Waals surface area contributed by atoms with Crippen molar-refractivity contribution in [3.63, 3.8) is 0 Å². The van der Waals surface area contributed by atoms with Crippen LogP contribution in [0.25, 0.3) is 0 Å². The number of hydrogen-bond donors (Lipinski definition) is 0. The molecule has 1 saturated carbocycles. The molecule has 0 aromatic heterocycles. The molecule has 1 heterocycles. The number of piperidine rings is 1. The van der Waals surface area contributed by atoms with Gasteiger partial charge in [-0.2, -0.15) is 0 Å². The first-order chi connectivity index (χ1) is 11.6. The number of halogens is 2. The van der Waals surface area contributed by atoms with Gasteiger partial charge in [0.15, 0.2) is 0 Å². The topological polar surface area (TPSA) is 12.5 Å². The van der Waals surface area contributed by atoms with E-state index in [1.165, 1.54) is 38.2 Å². The Bertz CT molecular complexity index is 637. The highest BCUT2D eigenvalue weighted by Gasteiger charge is 2.41. The van der Waals surface area contributed by atoms with Crippen LogP contribution in [0.15, 0.2) is 30.4 Å². The van der Waals surface area contributed by atoms with Crippen LogP contribution in [0, 0.1) is 23.6 Å². The number of benzene rings is 1. The summed E-state index contributed by atoms with van der Waals surface area (Å²) in [5, 5.41) is 0. The fourth-order valence-electron chi connectivity index (χ4n) is 4.83. The van der Waals surface area contributed by atoms with Gasteiger partial charge in [0.2, 0.25) is 0 Å². The van der Waals surface area contributed by atoms with Crippen LogP contribution in [0.4, 0.5) is 8.78 Å². The van der Waals surface area contributed by atoms with Crippen LogP contribution in [-0.2, 0) is 5.67 Å². The molecule has 2 fully saturated rings. The lowest BCUT2D eigenvalue weighted by molar-refractivity contribution is 0.0448. The number of ether oxygens (including phenoxy) is 1. The van der Waals surface area contributed by atoms with E-state index in [2.05, 4.69) is 17.1 Å². The number of fused-ring (bicyclic) bond motifs is 2. The highest BCUT2D eigenvalue weighted by atomic mass is 19.1. The molecule has 0 radical (unpaired) electrons. The van der Waals surface area contributed by atoms with Crippen molar-refractivity contribution in [2.75, 3.05) is 26.7 Å². The molecule has 1 aromatic carbocycles. The third-order valence-corrected chi connectivity index (χ3v) is 6.20. The van der Waals surface area contributed by atoms with Crippen molar-refractivity contribution in [1.82, 2.24) is 4.90 Å². The predicted molar refractivity (Wildman–Crippen MR) is 90.3 cm³/mol. The van der Waals surface area contributed by atoms with Crippen LogP contribution in [0.5, 0.6) is 5.75 Å². The summed E-state index contributed by atoms with van der Waals surface area (Å²) in [5.41, 5.74) is -1.12. The van der Waals surface area contributed by atoms with Gasteiger partial charge < -0.3 is 9.64 Å². The molecule has 1 unspecified atom stereocenters. The van der Waals surface area contributed by atoms with Crippen molar-refractivity contribution < 1.29 is 13.5 Å². The van der Waals surface area contributed by atoms with E-state index < -0.39 is 11.5 Å². The molecule has 1 aliphatic heterocycles. The second kappa shape index (κ2) is 6.14. The Morgan fingerprint density at radius 3 is 2.62 bits per heavy atom. The third-order valence-electron chi connectivity index (χ3n) is 6.20. The molecule has 3 atom stereocenters. The van der Waals surface area contributed by atoms with E-state index in [1.807, 2.05) is 0 Å². The van der Waals surface area contributed by atoms with Gasteiger partial charge in [-0.1, -0.05) is 12.2 Å². The number of rotatable bonds is 4. The van der Waals surface area contributed by atoms with Crippen molar-refractivity contribution in [1.29, 1.82) is 0 Å². The fourth-order valence-corrected chi connectivity index (χ4v) is 4.83. The van der Waals surface area contributed by atoms with E-state index in [0.29, 0.717) is 24.2 Å². The van der Waals surface area contributed by atoms with Gasteiger partial charge in [0.1, 0.15) is 17.2 Å². The van der Waals surface area contributed by atoms with Crippen molar-refractivity contribution in [3.8, 4) is 5.75 Å². The summed E-state index contributed by atoms with van der Waals surface area (Å²) in [5.74, 6) is 2.29. The Kier molecular flexibility index (Phi) is 4.11. The quantitative estimate of drug-likeness (QED) is 0.762. The van der Waals surface area contributed by atoms with Crippen molar-refractivity contribution >= 4 is 0 Å². The minimum absolute atomic E-state index is 0.368. The lowest BCUT2D eigenvalue weighted by Gasteiger charge is -2.39. The van der Waals surface area contributed by atoms with Crippen molar-refractivity contribution in [2.24, 2.45) is 17.8 Å². The number of likely N-dealkylation sites (tertiary alicyclic amines) is 1. The Labute approximate surface area is 142 Å². The first-order valence-electron chi connectivity index (χ1n) is 9.01. The molecule has 0 spiro atoms. The molecule has 130 valence electrons. The molecule has 4 rings (SSSR count). The van der Waals surface area contributed by atoms with Gasteiger partial charge in [0.05, 0.1) is 7.11 Å². The van der Waals surface area contributed by atoms with Crippen LogP contribution in [-0.4, -0.2) is 31.6 Å².